The highest BCUT2D eigenvalue weighted by molar-refractivity contribution is 5.87. The number of fused-ring (bicyclic) bond motifs is 1. The summed E-state index contributed by atoms with van der Waals surface area (Å²) in [7, 11) is 0. The molecule has 84 valence electrons. The molecule has 0 saturated carbocycles. The molecule has 16 heavy (non-hydrogen) atoms. The molecule has 0 atom stereocenters. The Kier molecular flexibility index (Phi) is 2.66. The van der Waals surface area contributed by atoms with Gasteiger partial charge in [-0.3, -0.25) is 9.97 Å². The van der Waals surface area contributed by atoms with Crippen molar-refractivity contribution in [1.82, 2.24) is 9.97 Å². The Morgan fingerprint density at radius 3 is 2.19 bits per heavy atom. The minimum absolute atomic E-state index is 0.469. The first-order valence-electron chi connectivity index (χ1n) is 5.74. The highest BCUT2D eigenvalue weighted by atomic mass is 14.7. The Hall–Kier alpha value is -1.44. The second kappa shape index (κ2) is 3.85. The van der Waals surface area contributed by atoms with Gasteiger partial charge in [0.15, 0.2) is 0 Å². The average Bonchev–Trinajstić information content (AvgIpc) is 2.15. The third-order valence-corrected chi connectivity index (χ3v) is 2.91. The molecule has 0 fully saturated rings. The maximum atomic E-state index is 4.65. The van der Waals surface area contributed by atoms with Crippen molar-refractivity contribution in [1.29, 1.82) is 0 Å². The molecule has 0 radical (unpaired) electrons. The van der Waals surface area contributed by atoms with Gasteiger partial charge in [-0.25, -0.2) is 0 Å². The fourth-order valence-corrected chi connectivity index (χ4v) is 2.18. The van der Waals surface area contributed by atoms with Crippen molar-refractivity contribution in [2.75, 3.05) is 0 Å². The Bertz CT molecular complexity index is 542. The summed E-state index contributed by atoms with van der Waals surface area (Å²) in [6.07, 6.45) is 0. The maximum absolute atomic E-state index is 4.65. The minimum Gasteiger partial charge on any atom is -0.258 e. The lowest BCUT2D eigenvalue weighted by atomic mass is 10.0. The van der Waals surface area contributed by atoms with Gasteiger partial charge in [0, 0.05) is 28.2 Å². The molecular formula is C14H18N2. The summed E-state index contributed by atoms with van der Waals surface area (Å²) in [5.41, 5.74) is 4.40. The third kappa shape index (κ3) is 1.80. The molecule has 0 bridgehead atoms. The fourth-order valence-electron chi connectivity index (χ4n) is 2.18. The van der Waals surface area contributed by atoms with E-state index in [0.29, 0.717) is 5.92 Å². The molecule has 2 heteroatoms. The van der Waals surface area contributed by atoms with Crippen LogP contribution in [-0.4, -0.2) is 9.97 Å². The molecule has 0 aliphatic heterocycles. The molecule has 0 spiro atoms. The second-order valence-electron chi connectivity index (χ2n) is 4.73. The van der Waals surface area contributed by atoms with Crippen LogP contribution >= 0.6 is 0 Å². The molecule has 0 aliphatic rings. The van der Waals surface area contributed by atoms with Gasteiger partial charge in [0.1, 0.15) is 0 Å². The summed E-state index contributed by atoms with van der Waals surface area (Å²) >= 11 is 0. The third-order valence-electron chi connectivity index (χ3n) is 2.91. The van der Waals surface area contributed by atoms with Crippen molar-refractivity contribution in [2.45, 2.75) is 40.5 Å². The monoisotopic (exact) mass is 214 g/mol. The van der Waals surface area contributed by atoms with E-state index in [1.807, 2.05) is 6.92 Å². The lowest BCUT2D eigenvalue weighted by molar-refractivity contribution is 0.819. The first-order valence-corrected chi connectivity index (χ1v) is 5.74. The van der Waals surface area contributed by atoms with Crippen LogP contribution in [0.4, 0.5) is 0 Å². The van der Waals surface area contributed by atoms with Gasteiger partial charge in [-0.2, -0.15) is 0 Å². The number of hydrogen-bond acceptors (Lipinski definition) is 2. The molecule has 2 aromatic rings. The lowest BCUT2D eigenvalue weighted by Crippen LogP contribution is -1.98. The molecule has 0 unspecified atom stereocenters. The van der Waals surface area contributed by atoms with Crippen molar-refractivity contribution in [3.8, 4) is 0 Å². The van der Waals surface area contributed by atoms with E-state index in [4.69, 9.17) is 0 Å². The van der Waals surface area contributed by atoms with Gasteiger partial charge in [0.05, 0.1) is 0 Å². The zero-order valence-corrected chi connectivity index (χ0v) is 10.6. The van der Waals surface area contributed by atoms with E-state index in [0.717, 1.165) is 22.8 Å². The molecule has 2 aromatic heterocycles. The predicted molar refractivity (Wildman–Crippen MR) is 67.8 cm³/mol. The molecule has 2 nitrogen and oxygen atoms in total. The van der Waals surface area contributed by atoms with E-state index in [9.17, 15) is 0 Å². The topological polar surface area (TPSA) is 25.8 Å². The number of pyridine rings is 2. The van der Waals surface area contributed by atoms with Crippen LogP contribution < -0.4 is 0 Å². The number of aryl methyl sites for hydroxylation is 3. The van der Waals surface area contributed by atoms with E-state index in [-0.39, 0.29) is 0 Å². The maximum Gasteiger partial charge on any atom is 0.0472 e. The van der Waals surface area contributed by atoms with Gasteiger partial charge in [-0.05, 0) is 44.2 Å². The van der Waals surface area contributed by atoms with Crippen LogP contribution in [0.2, 0.25) is 0 Å². The van der Waals surface area contributed by atoms with Crippen molar-refractivity contribution in [2.24, 2.45) is 0 Å². The Morgan fingerprint density at radius 2 is 1.56 bits per heavy atom. The van der Waals surface area contributed by atoms with Gasteiger partial charge in [0.25, 0.3) is 0 Å². The number of aromatic nitrogens is 2. The smallest absolute Gasteiger partial charge is 0.0472 e. The van der Waals surface area contributed by atoms with Crippen LogP contribution in [0.1, 0.15) is 42.5 Å². The van der Waals surface area contributed by atoms with Crippen LogP contribution in [0, 0.1) is 20.8 Å². The molecular weight excluding hydrogens is 196 g/mol. The summed E-state index contributed by atoms with van der Waals surface area (Å²) in [5.74, 6) is 0.469. The van der Waals surface area contributed by atoms with E-state index in [1.54, 1.807) is 0 Å². The van der Waals surface area contributed by atoms with Crippen LogP contribution in [0.25, 0.3) is 10.8 Å². The summed E-state index contributed by atoms with van der Waals surface area (Å²) < 4.78 is 0. The lowest BCUT2D eigenvalue weighted by Gasteiger charge is -2.11. The van der Waals surface area contributed by atoms with Crippen LogP contribution in [0.5, 0.6) is 0 Å². The number of rotatable bonds is 1. The second-order valence-corrected chi connectivity index (χ2v) is 4.73. The summed E-state index contributed by atoms with van der Waals surface area (Å²) in [6.45, 7) is 10.5. The molecule has 0 amide bonds. The van der Waals surface area contributed by atoms with E-state index in [2.05, 4.69) is 49.8 Å². The van der Waals surface area contributed by atoms with Crippen LogP contribution in [-0.2, 0) is 0 Å². The SMILES string of the molecule is Cc1cc2cc(C(C)C)nc(C)c2c(C)n1. The fraction of sp³-hybridized carbons (Fsp3) is 0.429. The highest BCUT2D eigenvalue weighted by Gasteiger charge is 2.08. The van der Waals surface area contributed by atoms with Gasteiger partial charge in [0.2, 0.25) is 0 Å². The van der Waals surface area contributed by atoms with E-state index < -0.39 is 0 Å². The normalized spacial score (nSPS) is 11.4. The largest absolute Gasteiger partial charge is 0.258 e. The Labute approximate surface area is 96.7 Å². The number of nitrogens with zero attached hydrogens (tertiary/aromatic N) is 2. The number of hydrogen-bond donors (Lipinski definition) is 0. The molecule has 0 aliphatic carbocycles. The van der Waals surface area contributed by atoms with Crippen LogP contribution in [0.15, 0.2) is 12.1 Å². The van der Waals surface area contributed by atoms with E-state index in [1.165, 1.54) is 10.8 Å². The average molecular weight is 214 g/mol. The molecule has 2 rings (SSSR count). The van der Waals surface area contributed by atoms with Crippen molar-refractivity contribution >= 4 is 10.8 Å². The zero-order chi connectivity index (χ0) is 11.9. The highest BCUT2D eigenvalue weighted by Crippen LogP contribution is 2.24. The minimum atomic E-state index is 0.469. The Morgan fingerprint density at radius 1 is 0.938 bits per heavy atom. The van der Waals surface area contributed by atoms with E-state index >= 15 is 0 Å². The van der Waals surface area contributed by atoms with Crippen molar-refractivity contribution in [3.05, 3.63) is 34.9 Å². The zero-order valence-electron chi connectivity index (χ0n) is 10.6. The van der Waals surface area contributed by atoms with Crippen molar-refractivity contribution < 1.29 is 0 Å². The summed E-state index contributed by atoms with van der Waals surface area (Å²) in [6, 6.07) is 4.33. The summed E-state index contributed by atoms with van der Waals surface area (Å²) in [5, 5.41) is 2.47. The van der Waals surface area contributed by atoms with Gasteiger partial charge < -0.3 is 0 Å². The molecule has 2 heterocycles. The first kappa shape index (κ1) is 11.1. The van der Waals surface area contributed by atoms with Gasteiger partial charge in [-0.1, -0.05) is 13.8 Å². The first-order chi connectivity index (χ1) is 7.49. The Balaban J connectivity index is 2.81. The molecule has 0 aromatic carbocycles. The van der Waals surface area contributed by atoms with Crippen LogP contribution in [0.3, 0.4) is 0 Å². The quantitative estimate of drug-likeness (QED) is 0.723. The predicted octanol–water partition coefficient (Wildman–Crippen LogP) is 3.68. The summed E-state index contributed by atoms with van der Waals surface area (Å²) in [4.78, 5) is 9.15. The van der Waals surface area contributed by atoms with Crippen molar-refractivity contribution in [3.63, 3.8) is 0 Å². The standard InChI is InChI=1S/C14H18N2/c1-8(2)13-7-12-6-9(3)15-10(4)14(12)11(5)16-13/h6-8H,1-5H3. The molecule has 0 N–H and O–H groups in total. The van der Waals surface area contributed by atoms with Gasteiger partial charge in [-0.15, -0.1) is 0 Å². The van der Waals surface area contributed by atoms with Gasteiger partial charge >= 0.3 is 0 Å². The molecule has 0 saturated heterocycles.